The van der Waals surface area contributed by atoms with Gasteiger partial charge >= 0.3 is 5.97 Å². The largest absolute Gasteiger partial charge is 0.452 e. The molecule has 1 aromatic heterocycles. The molecule has 0 saturated carbocycles. The van der Waals surface area contributed by atoms with Crippen LogP contribution < -0.4 is 10.5 Å². The van der Waals surface area contributed by atoms with Crippen molar-refractivity contribution in [1.29, 1.82) is 0 Å². The predicted octanol–water partition coefficient (Wildman–Crippen LogP) is 2.23. The van der Waals surface area contributed by atoms with E-state index in [-0.39, 0.29) is 10.6 Å². The highest BCUT2D eigenvalue weighted by Crippen LogP contribution is 2.19. The number of hydrogen-bond acceptors (Lipinski definition) is 5. The lowest BCUT2D eigenvalue weighted by molar-refractivity contribution is -0.119. The Bertz CT molecular complexity index is 1140. The van der Waals surface area contributed by atoms with Gasteiger partial charge in [0.1, 0.15) is 0 Å². The maximum Gasteiger partial charge on any atom is 0.338 e. The second-order valence-electron chi connectivity index (χ2n) is 6.29. The number of nitrogens with zero attached hydrogens (tertiary/aromatic N) is 1. The molecule has 0 bridgehead atoms. The molecule has 3 rings (SSSR count). The molecule has 0 aliphatic rings. The molecule has 3 aromatic rings. The molecule has 29 heavy (non-hydrogen) atoms. The fourth-order valence-electron chi connectivity index (χ4n) is 2.67. The van der Waals surface area contributed by atoms with Crippen molar-refractivity contribution in [2.24, 2.45) is 5.14 Å². The van der Waals surface area contributed by atoms with E-state index in [1.54, 1.807) is 31.2 Å². The minimum atomic E-state index is -3.91. The summed E-state index contributed by atoms with van der Waals surface area (Å²) in [5.41, 5.74) is 1.88. The minimum Gasteiger partial charge on any atom is -0.452 e. The van der Waals surface area contributed by atoms with Crippen LogP contribution in [0.5, 0.6) is 0 Å². The Hall–Kier alpha value is -3.43. The van der Waals surface area contributed by atoms with Crippen molar-refractivity contribution in [3.63, 3.8) is 0 Å². The Labute approximate surface area is 168 Å². The van der Waals surface area contributed by atoms with E-state index in [1.807, 2.05) is 29.1 Å². The molecule has 0 fully saturated rings. The number of esters is 1. The Morgan fingerprint density at radius 2 is 1.72 bits per heavy atom. The summed E-state index contributed by atoms with van der Waals surface area (Å²) < 4.78 is 30.0. The first kappa shape index (κ1) is 20.3. The number of nitrogens with one attached hydrogen (secondary N) is 1. The first-order valence-corrected chi connectivity index (χ1v) is 10.1. The third-order valence-corrected chi connectivity index (χ3v) is 5.17. The lowest BCUT2D eigenvalue weighted by Crippen LogP contribution is -2.21. The summed E-state index contributed by atoms with van der Waals surface area (Å²) in [6, 6.07) is 14.8. The van der Waals surface area contributed by atoms with E-state index < -0.39 is 28.5 Å². The maximum absolute atomic E-state index is 12.1. The minimum absolute atomic E-state index is 0.0879. The number of amides is 1. The number of nitrogens with two attached hydrogens (primary N) is 1. The molecule has 0 aliphatic carbocycles. The second kappa shape index (κ2) is 8.29. The number of primary sulfonamides is 1. The highest BCUT2D eigenvalue weighted by molar-refractivity contribution is 7.89. The van der Waals surface area contributed by atoms with Crippen LogP contribution in [-0.2, 0) is 19.6 Å². The van der Waals surface area contributed by atoms with Crippen LogP contribution in [0, 0.1) is 6.92 Å². The molecule has 1 amide bonds. The first-order valence-electron chi connectivity index (χ1n) is 8.58. The fraction of sp³-hybridized carbons (Fsp3) is 0.100. The summed E-state index contributed by atoms with van der Waals surface area (Å²) in [6.07, 6.45) is 3.76. The third-order valence-electron chi connectivity index (χ3n) is 4.12. The normalized spacial score (nSPS) is 11.1. The molecule has 3 N–H and O–H groups in total. The first-order chi connectivity index (χ1) is 13.7. The van der Waals surface area contributed by atoms with Crippen LogP contribution in [0.4, 0.5) is 5.69 Å². The van der Waals surface area contributed by atoms with Gasteiger partial charge in [0, 0.05) is 23.8 Å². The summed E-state index contributed by atoms with van der Waals surface area (Å²) >= 11 is 0. The van der Waals surface area contributed by atoms with Crippen LogP contribution in [0.1, 0.15) is 15.9 Å². The van der Waals surface area contributed by atoms with Gasteiger partial charge in [0.05, 0.1) is 10.5 Å². The molecule has 9 heteroatoms. The van der Waals surface area contributed by atoms with Gasteiger partial charge in [-0.3, -0.25) is 4.79 Å². The topological polar surface area (TPSA) is 120 Å². The molecule has 0 saturated heterocycles. The van der Waals surface area contributed by atoms with Gasteiger partial charge in [-0.25, -0.2) is 18.4 Å². The summed E-state index contributed by atoms with van der Waals surface area (Å²) in [7, 11) is -3.91. The van der Waals surface area contributed by atoms with Crippen LogP contribution in [0.15, 0.2) is 71.9 Å². The van der Waals surface area contributed by atoms with Crippen LogP contribution in [0.2, 0.25) is 0 Å². The number of benzene rings is 2. The van der Waals surface area contributed by atoms with Crippen molar-refractivity contribution in [2.45, 2.75) is 11.8 Å². The maximum atomic E-state index is 12.1. The number of aromatic nitrogens is 1. The zero-order chi connectivity index (χ0) is 21.0. The zero-order valence-electron chi connectivity index (χ0n) is 15.5. The predicted molar refractivity (Wildman–Crippen MR) is 107 cm³/mol. The molecule has 0 aliphatic heterocycles. The Morgan fingerprint density at radius 1 is 1.07 bits per heavy atom. The number of sulfonamides is 1. The number of carbonyl (C=O) groups excluding carboxylic acids is 2. The molecule has 150 valence electrons. The fourth-order valence-corrected chi connectivity index (χ4v) is 3.48. The Morgan fingerprint density at radius 3 is 2.34 bits per heavy atom. The zero-order valence-corrected chi connectivity index (χ0v) is 16.3. The monoisotopic (exact) mass is 413 g/mol. The number of rotatable bonds is 6. The number of ether oxygens (including phenoxy) is 1. The SMILES string of the molecule is Cc1ccc(NC(=O)COC(=O)c2ccc(-n3cccc3)cc2)cc1S(N)(=O)=O. The average Bonchev–Trinajstić information content (AvgIpc) is 3.22. The highest BCUT2D eigenvalue weighted by atomic mass is 32.2. The van der Waals surface area contributed by atoms with Crippen LogP contribution in [0.3, 0.4) is 0 Å². The number of carbonyl (C=O) groups is 2. The van der Waals surface area contributed by atoms with Crippen molar-refractivity contribution in [2.75, 3.05) is 11.9 Å². The number of anilines is 1. The van der Waals surface area contributed by atoms with Crippen molar-refractivity contribution in [3.8, 4) is 5.69 Å². The quantitative estimate of drug-likeness (QED) is 0.601. The molecule has 0 atom stereocenters. The Balaban J connectivity index is 1.59. The molecule has 2 aromatic carbocycles. The molecule has 0 spiro atoms. The molecular formula is C20H19N3O5S. The molecular weight excluding hydrogens is 394 g/mol. The molecule has 0 radical (unpaired) electrons. The van der Waals surface area contributed by atoms with Gasteiger partial charge in [-0.1, -0.05) is 6.07 Å². The standard InChI is InChI=1S/C20H19N3O5S/c1-14-4-7-16(12-18(14)29(21,26)27)22-19(24)13-28-20(25)15-5-8-17(9-6-15)23-10-2-3-11-23/h2-12H,13H2,1H3,(H,22,24)(H2,21,26,27). The van der Waals surface area contributed by atoms with E-state index in [0.717, 1.165) is 5.69 Å². The Kier molecular flexibility index (Phi) is 5.81. The van der Waals surface area contributed by atoms with E-state index >= 15 is 0 Å². The number of aryl methyl sites for hydroxylation is 1. The average molecular weight is 413 g/mol. The van der Waals surface area contributed by atoms with E-state index in [2.05, 4.69) is 5.32 Å². The third kappa shape index (κ3) is 5.09. The summed E-state index contributed by atoms with van der Waals surface area (Å²) in [6.45, 7) is 1.07. The molecule has 1 heterocycles. The van der Waals surface area contributed by atoms with Gasteiger partial charge in [-0.2, -0.15) is 0 Å². The second-order valence-corrected chi connectivity index (χ2v) is 7.82. The smallest absolute Gasteiger partial charge is 0.338 e. The van der Waals surface area contributed by atoms with Gasteiger partial charge < -0.3 is 14.6 Å². The number of hydrogen-bond donors (Lipinski definition) is 2. The lowest BCUT2D eigenvalue weighted by atomic mass is 10.2. The summed E-state index contributed by atoms with van der Waals surface area (Å²) in [5, 5.41) is 7.63. The van der Waals surface area contributed by atoms with Crippen molar-refractivity contribution >= 4 is 27.6 Å². The van der Waals surface area contributed by atoms with E-state index in [1.165, 1.54) is 18.2 Å². The van der Waals surface area contributed by atoms with E-state index in [9.17, 15) is 18.0 Å². The van der Waals surface area contributed by atoms with Crippen LogP contribution >= 0.6 is 0 Å². The van der Waals surface area contributed by atoms with Gasteiger partial charge in [-0.05, 0) is 61.0 Å². The highest BCUT2D eigenvalue weighted by Gasteiger charge is 2.14. The van der Waals surface area contributed by atoms with Crippen molar-refractivity contribution in [1.82, 2.24) is 4.57 Å². The van der Waals surface area contributed by atoms with Gasteiger partial charge in [-0.15, -0.1) is 0 Å². The van der Waals surface area contributed by atoms with E-state index in [4.69, 9.17) is 9.88 Å². The lowest BCUT2D eigenvalue weighted by Gasteiger charge is -2.10. The van der Waals surface area contributed by atoms with Gasteiger partial charge in [0.25, 0.3) is 5.91 Å². The van der Waals surface area contributed by atoms with Crippen LogP contribution in [0.25, 0.3) is 5.69 Å². The van der Waals surface area contributed by atoms with Crippen LogP contribution in [-0.4, -0.2) is 31.5 Å². The molecule has 8 nitrogen and oxygen atoms in total. The van der Waals surface area contributed by atoms with Gasteiger partial charge in [0.2, 0.25) is 10.0 Å². The van der Waals surface area contributed by atoms with Gasteiger partial charge in [0.15, 0.2) is 6.61 Å². The summed E-state index contributed by atoms with van der Waals surface area (Å²) in [5.74, 6) is -1.25. The summed E-state index contributed by atoms with van der Waals surface area (Å²) in [4.78, 5) is 24.1. The van der Waals surface area contributed by atoms with Crippen molar-refractivity contribution < 1.29 is 22.7 Å². The van der Waals surface area contributed by atoms with Crippen molar-refractivity contribution in [3.05, 3.63) is 78.1 Å². The molecule has 0 unspecified atom stereocenters. The van der Waals surface area contributed by atoms with E-state index in [0.29, 0.717) is 11.1 Å².